The van der Waals surface area contributed by atoms with Gasteiger partial charge in [0, 0.05) is 61.7 Å². The zero-order valence-corrected chi connectivity index (χ0v) is 36.5. The maximum atomic E-state index is 12.5. The highest BCUT2D eigenvalue weighted by molar-refractivity contribution is 6.10. The topological polar surface area (TPSA) is 140 Å². The Hall–Kier alpha value is -3.96. The number of hydrogen-bond acceptors (Lipinski definition) is 9. The third kappa shape index (κ3) is 11.1. The lowest BCUT2D eigenvalue weighted by Crippen LogP contribution is -2.50. The summed E-state index contributed by atoms with van der Waals surface area (Å²) in [6, 6.07) is 14.4. The Kier molecular flexibility index (Phi) is 16.1. The van der Waals surface area contributed by atoms with Crippen molar-refractivity contribution in [2.45, 2.75) is 123 Å². The van der Waals surface area contributed by atoms with Crippen molar-refractivity contribution in [1.29, 1.82) is 0 Å². The maximum absolute atomic E-state index is 12.5. The molecule has 0 aromatic heterocycles. The maximum Gasteiger partial charge on any atom is 0.219 e. The molecule has 0 spiro atoms. The molecule has 0 radical (unpaired) electrons. The number of unbranched alkanes of at least 4 members (excludes halogenated alkanes) is 1. The number of ether oxygens (including phenoxy) is 3. The van der Waals surface area contributed by atoms with Crippen molar-refractivity contribution < 1.29 is 38.5 Å². The normalized spacial score (nSPS) is 24.6. The van der Waals surface area contributed by atoms with Crippen LogP contribution in [0.15, 0.2) is 65.3 Å². The van der Waals surface area contributed by atoms with Gasteiger partial charge in [0.1, 0.15) is 0 Å². The quantitative estimate of drug-likeness (QED) is 0.0744. The van der Waals surface area contributed by atoms with Crippen molar-refractivity contribution in [2.75, 3.05) is 58.0 Å². The predicted molar refractivity (Wildman–Crippen MR) is 235 cm³/mol. The van der Waals surface area contributed by atoms with E-state index in [-0.39, 0.29) is 34.6 Å². The summed E-state index contributed by atoms with van der Waals surface area (Å²) in [6.07, 6.45) is 13.1. The highest BCUT2D eigenvalue weighted by Crippen LogP contribution is 2.66. The van der Waals surface area contributed by atoms with E-state index in [1.165, 1.54) is 36.1 Å². The third-order valence-corrected chi connectivity index (χ3v) is 13.9. The van der Waals surface area contributed by atoms with Gasteiger partial charge < -0.3 is 30.0 Å². The largest absolute Gasteiger partial charge is 0.390 e. The van der Waals surface area contributed by atoms with Crippen LogP contribution in [0.2, 0.25) is 0 Å². The molecule has 0 heterocycles. The van der Waals surface area contributed by atoms with Crippen LogP contribution in [-0.4, -0.2) is 86.7 Å². The zero-order valence-electron chi connectivity index (χ0n) is 36.5. The molecule has 4 aliphatic rings. The second-order valence-electron chi connectivity index (χ2n) is 17.9. The Morgan fingerprint density at radius 1 is 0.800 bits per heavy atom. The van der Waals surface area contributed by atoms with Crippen LogP contribution in [0.25, 0.3) is 0 Å². The van der Waals surface area contributed by atoms with Gasteiger partial charge >= 0.3 is 0 Å². The molecule has 0 aliphatic heterocycles. The van der Waals surface area contributed by atoms with Gasteiger partial charge in [0.25, 0.3) is 0 Å². The van der Waals surface area contributed by atoms with E-state index in [4.69, 9.17) is 14.2 Å². The molecular formula is C50H68N2O8. The molecule has 0 saturated heterocycles. The summed E-state index contributed by atoms with van der Waals surface area (Å²) in [5, 5.41) is 17.9. The van der Waals surface area contributed by atoms with E-state index in [1.54, 1.807) is 17.7 Å². The smallest absolute Gasteiger partial charge is 0.219 e. The van der Waals surface area contributed by atoms with Crippen molar-refractivity contribution in [2.24, 2.45) is 17.3 Å². The first-order chi connectivity index (χ1) is 28.9. The molecule has 3 N–H and O–H groups in total. The molecular weight excluding hydrogens is 757 g/mol. The lowest BCUT2D eigenvalue weighted by molar-refractivity contribution is -0.121. The number of anilines is 1. The van der Waals surface area contributed by atoms with Crippen molar-refractivity contribution in [3.63, 3.8) is 0 Å². The monoisotopic (exact) mass is 824 g/mol. The second kappa shape index (κ2) is 21.2. The summed E-state index contributed by atoms with van der Waals surface area (Å²) in [7, 11) is 0. The van der Waals surface area contributed by atoms with Gasteiger partial charge in [-0.15, -0.1) is 0 Å². The van der Waals surface area contributed by atoms with Crippen molar-refractivity contribution >= 4 is 28.9 Å². The average molecular weight is 825 g/mol. The molecule has 10 heteroatoms. The Balaban J connectivity index is 0.801. The molecule has 0 bridgehead atoms. The number of Topliss-reactive ketones (excluding diaryl/α,β-unsaturated/α-hetero) is 2. The number of aliphatic hydroxyl groups is 1. The Morgan fingerprint density at radius 3 is 2.20 bits per heavy atom. The molecule has 2 fully saturated rings. The van der Waals surface area contributed by atoms with E-state index in [0.717, 1.165) is 70.6 Å². The van der Waals surface area contributed by atoms with Gasteiger partial charge in [0.05, 0.1) is 37.6 Å². The minimum atomic E-state index is -0.667. The van der Waals surface area contributed by atoms with Gasteiger partial charge in [0.15, 0.2) is 17.3 Å². The molecule has 6 rings (SSSR count). The molecule has 326 valence electrons. The van der Waals surface area contributed by atoms with Crippen LogP contribution < -0.4 is 10.6 Å². The van der Waals surface area contributed by atoms with E-state index in [9.17, 15) is 24.3 Å². The van der Waals surface area contributed by atoms with Crippen LogP contribution in [0.1, 0.15) is 143 Å². The number of rotatable bonds is 23. The number of ketones is 3. The van der Waals surface area contributed by atoms with Gasteiger partial charge in [-0.05, 0) is 138 Å². The molecule has 4 aliphatic carbocycles. The van der Waals surface area contributed by atoms with E-state index in [1.807, 2.05) is 12.1 Å². The first-order valence-electron chi connectivity index (χ1n) is 22.6. The summed E-state index contributed by atoms with van der Waals surface area (Å²) in [6.45, 7) is 11.6. The minimum absolute atomic E-state index is 0.0775. The Labute approximate surface area is 357 Å². The molecule has 2 saturated carbocycles. The number of fused-ring (bicyclic) bond motifs is 4. The molecule has 60 heavy (non-hydrogen) atoms. The SMILES string of the molecule is CC(=O)c1cccc(NCCCOCCOCCOCCCNC(=O)CCCCc2ccc(C3CC4(C)C(CCC4(C)O)C4CCC5=CC(=O)CCC5=C34)cc2)c1C(C)=O. The number of benzene rings is 2. The molecule has 2 aromatic rings. The van der Waals surface area contributed by atoms with E-state index < -0.39 is 5.60 Å². The Bertz CT molecular complexity index is 1900. The number of carbonyl (C=O) groups is 4. The molecule has 10 nitrogen and oxygen atoms in total. The fourth-order valence-electron chi connectivity index (χ4n) is 10.5. The minimum Gasteiger partial charge on any atom is -0.390 e. The van der Waals surface area contributed by atoms with Gasteiger partial charge in [-0.2, -0.15) is 0 Å². The summed E-state index contributed by atoms with van der Waals surface area (Å²) in [5.41, 5.74) is 7.64. The molecule has 5 unspecified atom stereocenters. The van der Waals surface area contributed by atoms with Crippen LogP contribution >= 0.6 is 0 Å². The number of amides is 1. The fourth-order valence-corrected chi connectivity index (χ4v) is 10.5. The van der Waals surface area contributed by atoms with Crippen molar-refractivity contribution in [3.8, 4) is 0 Å². The van der Waals surface area contributed by atoms with Gasteiger partial charge in [-0.25, -0.2) is 0 Å². The number of allylic oxidation sites excluding steroid dienone is 4. The lowest BCUT2D eigenvalue weighted by atomic mass is 9.51. The summed E-state index contributed by atoms with van der Waals surface area (Å²) >= 11 is 0. The number of aryl methyl sites for hydroxylation is 1. The summed E-state index contributed by atoms with van der Waals surface area (Å²) < 4.78 is 16.9. The van der Waals surface area contributed by atoms with Gasteiger partial charge in [-0.3, -0.25) is 19.2 Å². The van der Waals surface area contributed by atoms with Crippen LogP contribution in [-0.2, 0) is 30.2 Å². The zero-order chi connectivity index (χ0) is 42.7. The Morgan fingerprint density at radius 2 is 1.50 bits per heavy atom. The second-order valence-corrected chi connectivity index (χ2v) is 17.9. The van der Waals surface area contributed by atoms with Crippen LogP contribution in [0.3, 0.4) is 0 Å². The number of nitrogens with one attached hydrogen (secondary N) is 2. The van der Waals surface area contributed by atoms with Crippen molar-refractivity contribution in [3.05, 3.63) is 87.5 Å². The van der Waals surface area contributed by atoms with E-state index in [0.29, 0.717) is 94.2 Å². The van der Waals surface area contributed by atoms with E-state index in [2.05, 4.69) is 48.7 Å². The predicted octanol–water partition coefficient (Wildman–Crippen LogP) is 8.51. The fraction of sp³-hybridized carbons (Fsp3) is 0.600. The van der Waals surface area contributed by atoms with Crippen LogP contribution in [0.5, 0.6) is 0 Å². The molecule has 1 amide bonds. The number of hydrogen-bond donors (Lipinski definition) is 3. The first-order valence-corrected chi connectivity index (χ1v) is 22.6. The summed E-state index contributed by atoms with van der Waals surface area (Å²) in [4.78, 5) is 48.8. The van der Waals surface area contributed by atoms with Crippen molar-refractivity contribution in [1.82, 2.24) is 5.32 Å². The standard InChI is InChI=1S/C50H68N2O8/c1-34(53)40-11-7-12-45(47(40)35(2)54)51-24-8-26-58-28-30-60-31-29-59-27-9-25-52-46(56)13-6-5-10-36-14-16-37(17-15-36)43-33-49(3)44(22-23-50(49,4)57)42-20-18-38-32-39(55)19-21-41(38)48(42)43/h7,11-12,14-17,32,42-44,51,57H,5-6,8-10,13,18-31,33H2,1-4H3,(H,52,56). The van der Waals surface area contributed by atoms with Crippen LogP contribution in [0, 0.1) is 17.3 Å². The van der Waals surface area contributed by atoms with E-state index >= 15 is 0 Å². The van der Waals surface area contributed by atoms with Gasteiger partial charge in [0.2, 0.25) is 5.91 Å². The number of carbonyl (C=O) groups excluding carboxylic acids is 4. The third-order valence-electron chi connectivity index (χ3n) is 13.9. The average Bonchev–Trinajstić information content (AvgIpc) is 3.47. The highest BCUT2D eigenvalue weighted by Gasteiger charge is 2.61. The molecule has 5 atom stereocenters. The highest BCUT2D eigenvalue weighted by atomic mass is 16.5. The van der Waals surface area contributed by atoms with Crippen LogP contribution in [0.4, 0.5) is 5.69 Å². The summed E-state index contributed by atoms with van der Waals surface area (Å²) in [5.74, 6) is 1.30. The molecule has 2 aromatic carbocycles. The lowest BCUT2D eigenvalue weighted by Gasteiger charge is -2.54. The van der Waals surface area contributed by atoms with Gasteiger partial charge in [-0.1, -0.05) is 48.9 Å². The first kappa shape index (κ1) is 45.6.